The fourth-order valence-electron chi connectivity index (χ4n) is 2.92. The summed E-state index contributed by atoms with van der Waals surface area (Å²) in [5, 5.41) is 2.76. The molecule has 1 fully saturated rings. The zero-order chi connectivity index (χ0) is 16.6. The molecule has 1 unspecified atom stereocenters. The van der Waals surface area contributed by atoms with Gasteiger partial charge in [-0.2, -0.15) is 0 Å². The summed E-state index contributed by atoms with van der Waals surface area (Å²) >= 11 is 0. The molecule has 1 aromatic carbocycles. The van der Waals surface area contributed by atoms with Crippen LogP contribution in [0, 0.1) is 0 Å². The molecule has 7 nitrogen and oxygen atoms in total. The van der Waals surface area contributed by atoms with Gasteiger partial charge in [0.05, 0.1) is 17.2 Å². The second-order valence-corrected chi connectivity index (χ2v) is 5.80. The minimum Gasteiger partial charge on any atom is -0.351 e. The molecule has 1 saturated heterocycles. The van der Waals surface area contributed by atoms with Crippen LogP contribution in [0.25, 0.3) is 0 Å². The largest absolute Gasteiger partial charge is 0.351 e. The van der Waals surface area contributed by atoms with Crippen molar-refractivity contribution in [3.8, 4) is 0 Å². The summed E-state index contributed by atoms with van der Waals surface area (Å²) in [7, 11) is 1.69. The Morgan fingerprint density at radius 3 is 2.30 bits per heavy atom. The van der Waals surface area contributed by atoms with Gasteiger partial charge in [-0.3, -0.25) is 24.1 Å². The fourth-order valence-corrected chi connectivity index (χ4v) is 2.92. The van der Waals surface area contributed by atoms with Crippen molar-refractivity contribution in [1.29, 1.82) is 0 Å². The van der Waals surface area contributed by atoms with Crippen molar-refractivity contribution in [2.75, 3.05) is 20.1 Å². The van der Waals surface area contributed by atoms with Gasteiger partial charge in [0.1, 0.15) is 0 Å². The highest BCUT2D eigenvalue weighted by Gasteiger charge is 2.35. The summed E-state index contributed by atoms with van der Waals surface area (Å²) in [4.78, 5) is 50.4. The molecular weight excluding hydrogens is 298 g/mol. The summed E-state index contributed by atoms with van der Waals surface area (Å²) < 4.78 is 0. The molecule has 0 aliphatic carbocycles. The van der Waals surface area contributed by atoms with Crippen LogP contribution >= 0.6 is 0 Å². The zero-order valence-electron chi connectivity index (χ0n) is 12.7. The molecule has 0 bridgehead atoms. The van der Waals surface area contributed by atoms with E-state index in [0.29, 0.717) is 17.7 Å². The minimum absolute atomic E-state index is 0.00403. The highest BCUT2D eigenvalue weighted by atomic mass is 16.2. The SMILES string of the molecule is CN1CC(NC(=O)CCN2C(=O)c3ccccc3C2=O)CC1=O. The maximum atomic E-state index is 12.2. The Bertz CT molecular complexity index is 665. The monoisotopic (exact) mass is 315 g/mol. The Hall–Kier alpha value is -2.70. The van der Waals surface area contributed by atoms with Crippen LogP contribution in [0.2, 0.25) is 0 Å². The van der Waals surface area contributed by atoms with Gasteiger partial charge >= 0.3 is 0 Å². The van der Waals surface area contributed by atoms with Crippen LogP contribution in [0.4, 0.5) is 0 Å². The molecule has 0 saturated carbocycles. The number of amides is 4. The van der Waals surface area contributed by atoms with Crippen molar-refractivity contribution in [3.05, 3.63) is 35.4 Å². The predicted octanol–water partition coefficient (Wildman–Crippen LogP) is 0.0196. The third-order valence-electron chi connectivity index (χ3n) is 4.15. The first-order valence-electron chi connectivity index (χ1n) is 7.46. The van der Waals surface area contributed by atoms with Crippen LogP contribution < -0.4 is 5.32 Å². The number of hydrogen-bond acceptors (Lipinski definition) is 4. The van der Waals surface area contributed by atoms with E-state index in [9.17, 15) is 19.2 Å². The molecule has 2 aliphatic heterocycles. The fraction of sp³-hybridized carbons (Fsp3) is 0.375. The number of likely N-dealkylation sites (tertiary alicyclic amines) is 1. The van der Waals surface area contributed by atoms with Crippen molar-refractivity contribution >= 4 is 23.6 Å². The van der Waals surface area contributed by atoms with E-state index in [1.54, 1.807) is 36.2 Å². The Kier molecular flexibility index (Phi) is 3.85. The second-order valence-electron chi connectivity index (χ2n) is 5.80. The van der Waals surface area contributed by atoms with Crippen molar-refractivity contribution in [2.24, 2.45) is 0 Å². The van der Waals surface area contributed by atoms with Gasteiger partial charge in [0.2, 0.25) is 11.8 Å². The van der Waals surface area contributed by atoms with Gasteiger partial charge in [-0.1, -0.05) is 12.1 Å². The van der Waals surface area contributed by atoms with E-state index < -0.39 is 0 Å². The molecule has 1 aromatic rings. The number of fused-ring (bicyclic) bond motifs is 1. The number of carbonyl (C=O) groups is 4. The molecular formula is C16H17N3O4. The van der Waals surface area contributed by atoms with Gasteiger partial charge in [0.25, 0.3) is 11.8 Å². The zero-order valence-corrected chi connectivity index (χ0v) is 12.7. The van der Waals surface area contributed by atoms with Crippen LogP contribution in [0.3, 0.4) is 0 Å². The maximum Gasteiger partial charge on any atom is 0.261 e. The quantitative estimate of drug-likeness (QED) is 0.794. The predicted molar refractivity (Wildman–Crippen MR) is 80.6 cm³/mol. The number of benzene rings is 1. The summed E-state index contributed by atoms with van der Waals surface area (Å²) in [5.74, 6) is -1.01. The number of likely N-dealkylation sites (N-methyl/N-ethyl adjacent to an activating group) is 1. The summed E-state index contributed by atoms with van der Waals surface area (Å²) in [6.07, 6.45) is 0.315. The lowest BCUT2D eigenvalue weighted by Crippen LogP contribution is -2.39. The molecule has 3 rings (SSSR count). The normalized spacial score (nSPS) is 20.2. The van der Waals surface area contributed by atoms with Gasteiger partial charge in [0, 0.05) is 33.0 Å². The highest BCUT2D eigenvalue weighted by molar-refractivity contribution is 6.21. The van der Waals surface area contributed by atoms with E-state index in [0.717, 1.165) is 4.90 Å². The molecule has 120 valence electrons. The van der Waals surface area contributed by atoms with Crippen molar-refractivity contribution in [3.63, 3.8) is 0 Å². The highest BCUT2D eigenvalue weighted by Crippen LogP contribution is 2.22. The Morgan fingerprint density at radius 2 is 1.78 bits per heavy atom. The Labute approximate surface area is 133 Å². The van der Waals surface area contributed by atoms with Crippen LogP contribution in [0.15, 0.2) is 24.3 Å². The molecule has 23 heavy (non-hydrogen) atoms. The molecule has 2 heterocycles. The lowest BCUT2D eigenvalue weighted by Gasteiger charge is -2.15. The number of nitrogens with zero attached hydrogens (tertiary/aromatic N) is 2. The number of carbonyl (C=O) groups excluding carboxylic acids is 4. The molecule has 4 amide bonds. The first-order chi connectivity index (χ1) is 11.0. The van der Waals surface area contributed by atoms with Crippen molar-refractivity contribution < 1.29 is 19.2 Å². The third kappa shape index (κ3) is 2.81. The first-order valence-corrected chi connectivity index (χ1v) is 7.46. The van der Waals surface area contributed by atoms with Gasteiger partial charge in [-0.25, -0.2) is 0 Å². The average Bonchev–Trinajstić information content (AvgIpc) is 2.96. The first kappa shape index (κ1) is 15.2. The van der Waals surface area contributed by atoms with Crippen molar-refractivity contribution in [2.45, 2.75) is 18.9 Å². The Morgan fingerprint density at radius 1 is 1.17 bits per heavy atom. The van der Waals surface area contributed by atoms with Crippen LogP contribution in [-0.4, -0.2) is 59.6 Å². The van der Waals surface area contributed by atoms with Crippen LogP contribution in [-0.2, 0) is 9.59 Å². The summed E-state index contributed by atoms with van der Waals surface area (Å²) in [6, 6.07) is 6.41. The minimum atomic E-state index is -0.367. The molecule has 1 N–H and O–H groups in total. The van der Waals surface area contributed by atoms with E-state index >= 15 is 0 Å². The molecule has 0 aromatic heterocycles. The van der Waals surface area contributed by atoms with Gasteiger partial charge < -0.3 is 10.2 Å². The molecule has 7 heteroatoms. The summed E-state index contributed by atoms with van der Waals surface area (Å²) in [6.45, 7) is 0.520. The number of hydrogen-bond donors (Lipinski definition) is 1. The van der Waals surface area contributed by atoms with Gasteiger partial charge in [-0.05, 0) is 12.1 Å². The van der Waals surface area contributed by atoms with Crippen LogP contribution in [0.1, 0.15) is 33.6 Å². The second kappa shape index (κ2) is 5.83. The van der Waals surface area contributed by atoms with E-state index in [2.05, 4.69) is 5.32 Å². The number of nitrogens with one attached hydrogen (secondary N) is 1. The number of imide groups is 1. The van der Waals surface area contributed by atoms with E-state index in [1.807, 2.05) is 0 Å². The lowest BCUT2D eigenvalue weighted by molar-refractivity contribution is -0.126. The van der Waals surface area contributed by atoms with E-state index in [4.69, 9.17) is 0 Å². The molecule has 0 spiro atoms. The van der Waals surface area contributed by atoms with Gasteiger partial charge in [-0.15, -0.1) is 0 Å². The van der Waals surface area contributed by atoms with Crippen LogP contribution in [0.5, 0.6) is 0 Å². The van der Waals surface area contributed by atoms with E-state index in [-0.39, 0.29) is 49.1 Å². The third-order valence-corrected chi connectivity index (χ3v) is 4.15. The standard InChI is InChI=1S/C16H17N3O4/c1-18-9-10(8-14(18)21)17-13(20)6-7-19-15(22)11-4-2-3-5-12(11)16(19)23/h2-5,10H,6-9H2,1H3,(H,17,20). The smallest absolute Gasteiger partial charge is 0.261 e. The van der Waals surface area contributed by atoms with E-state index in [1.165, 1.54) is 0 Å². The summed E-state index contributed by atoms with van der Waals surface area (Å²) in [5.41, 5.74) is 0.752. The Balaban J connectivity index is 1.55. The molecule has 1 atom stereocenters. The lowest BCUT2D eigenvalue weighted by atomic mass is 10.1. The average molecular weight is 315 g/mol. The molecule has 2 aliphatic rings. The topological polar surface area (TPSA) is 86.8 Å². The number of rotatable bonds is 4. The molecule has 0 radical (unpaired) electrons. The maximum absolute atomic E-state index is 12.2. The van der Waals surface area contributed by atoms with Crippen molar-refractivity contribution in [1.82, 2.24) is 15.1 Å². The van der Waals surface area contributed by atoms with Gasteiger partial charge in [0.15, 0.2) is 0 Å².